The first kappa shape index (κ1) is 31.0. The molecule has 0 radical (unpaired) electrons. The van der Waals surface area contributed by atoms with E-state index in [1.54, 1.807) is 18.7 Å². The summed E-state index contributed by atoms with van der Waals surface area (Å²) in [7, 11) is 0. The van der Waals surface area contributed by atoms with Crippen LogP contribution < -0.4 is 5.32 Å². The molecule has 0 bridgehead atoms. The van der Waals surface area contributed by atoms with Gasteiger partial charge >= 0.3 is 11.9 Å². The number of esters is 2. The molecular formula is C28H43N3O8. The molecule has 1 amide bonds. The Hall–Kier alpha value is -2.57. The highest BCUT2D eigenvalue weighted by Crippen LogP contribution is 2.40. The number of likely N-dealkylation sites (tertiary alicyclic amines) is 1. The molecule has 0 spiro atoms. The van der Waals surface area contributed by atoms with E-state index >= 15 is 0 Å². The Bertz CT molecular complexity index is 915. The SMILES string of the molecule is CCOC(=O)C(CCc1ccccc1)NC(C)C(=O)N1C(C(=O)OCCCCON(O)O)CC2CCCCC21. The van der Waals surface area contributed by atoms with Crippen molar-refractivity contribution in [3.63, 3.8) is 0 Å². The average molecular weight is 550 g/mol. The number of amides is 1. The number of ether oxygens (including phenoxy) is 2. The number of hydrogen-bond donors (Lipinski definition) is 3. The summed E-state index contributed by atoms with van der Waals surface area (Å²) in [6, 6.07) is 7.81. The van der Waals surface area contributed by atoms with Gasteiger partial charge in [0, 0.05) is 6.04 Å². The molecule has 0 aromatic heterocycles. The molecule has 11 heteroatoms. The lowest BCUT2D eigenvalue weighted by atomic mass is 9.84. The summed E-state index contributed by atoms with van der Waals surface area (Å²) in [4.78, 5) is 45.9. The van der Waals surface area contributed by atoms with Crippen molar-refractivity contribution < 1.29 is 39.1 Å². The maximum Gasteiger partial charge on any atom is 0.328 e. The van der Waals surface area contributed by atoms with Gasteiger partial charge in [-0.25, -0.2) is 4.79 Å². The first-order chi connectivity index (χ1) is 18.8. The minimum atomic E-state index is -0.691. The quantitative estimate of drug-likeness (QED) is 0.170. The second-order valence-electron chi connectivity index (χ2n) is 10.3. The minimum absolute atomic E-state index is 0.0214. The fourth-order valence-electron chi connectivity index (χ4n) is 5.67. The Morgan fingerprint density at radius 2 is 1.79 bits per heavy atom. The van der Waals surface area contributed by atoms with Crippen LogP contribution in [0.1, 0.15) is 70.8 Å². The molecule has 1 saturated heterocycles. The number of carbonyl (C=O) groups is 3. The van der Waals surface area contributed by atoms with Gasteiger partial charge in [0.2, 0.25) is 5.91 Å². The second kappa shape index (κ2) is 15.9. The van der Waals surface area contributed by atoms with Gasteiger partial charge in [-0.15, -0.1) is 0 Å². The third kappa shape index (κ3) is 9.25. The van der Waals surface area contributed by atoms with Crippen LogP contribution in [0.4, 0.5) is 0 Å². The Morgan fingerprint density at radius 1 is 1.08 bits per heavy atom. The molecule has 39 heavy (non-hydrogen) atoms. The van der Waals surface area contributed by atoms with E-state index in [4.69, 9.17) is 19.9 Å². The van der Waals surface area contributed by atoms with Crippen molar-refractivity contribution in [2.24, 2.45) is 5.92 Å². The lowest BCUT2D eigenvalue weighted by Gasteiger charge is -2.35. The third-order valence-corrected chi connectivity index (χ3v) is 7.56. The van der Waals surface area contributed by atoms with Crippen molar-refractivity contribution in [3.05, 3.63) is 35.9 Å². The number of aryl methyl sites for hydroxylation is 1. The van der Waals surface area contributed by atoms with Crippen LogP contribution in [-0.4, -0.2) is 82.5 Å². The number of benzene rings is 1. The van der Waals surface area contributed by atoms with Crippen molar-refractivity contribution in [3.8, 4) is 0 Å². The van der Waals surface area contributed by atoms with Gasteiger partial charge in [-0.1, -0.05) is 43.2 Å². The molecule has 2 aliphatic rings. The molecule has 2 fully saturated rings. The highest BCUT2D eigenvalue weighted by atomic mass is 17.1. The van der Waals surface area contributed by atoms with Crippen LogP contribution in [0, 0.1) is 5.92 Å². The molecule has 1 aliphatic carbocycles. The Balaban J connectivity index is 1.64. The van der Waals surface area contributed by atoms with E-state index in [0.717, 1.165) is 31.2 Å². The van der Waals surface area contributed by atoms with Gasteiger partial charge < -0.3 is 14.4 Å². The monoisotopic (exact) mass is 549 g/mol. The van der Waals surface area contributed by atoms with Gasteiger partial charge in [0.05, 0.1) is 31.3 Å². The molecule has 1 aliphatic heterocycles. The van der Waals surface area contributed by atoms with Gasteiger partial charge in [-0.2, -0.15) is 0 Å². The van der Waals surface area contributed by atoms with E-state index < -0.39 is 30.1 Å². The zero-order valence-corrected chi connectivity index (χ0v) is 23.0. The minimum Gasteiger partial charge on any atom is -0.465 e. The van der Waals surface area contributed by atoms with E-state index in [-0.39, 0.29) is 43.1 Å². The predicted octanol–water partition coefficient (Wildman–Crippen LogP) is 3.02. The molecule has 3 rings (SSSR count). The lowest BCUT2D eigenvalue weighted by molar-refractivity contribution is -0.492. The summed E-state index contributed by atoms with van der Waals surface area (Å²) < 4.78 is 10.8. The molecule has 11 nitrogen and oxygen atoms in total. The highest BCUT2D eigenvalue weighted by molar-refractivity contribution is 5.89. The predicted molar refractivity (Wildman–Crippen MR) is 140 cm³/mol. The van der Waals surface area contributed by atoms with E-state index in [1.165, 1.54) is 0 Å². The van der Waals surface area contributed by atoms with Crippen molar-refractivity contribution in [2.75, 3.05) is 19.8 Å². The topological polar surface area (TPSA) is 138 Å². The van der Waals surface area contributed by atoms with Gasteiger partial charge in [0.1, 0.15) is 12.1 Å². The third-order valence-electron chi connectivity index (χ3n) is 7.56. The number of rotatable bonds is 15. The first-order valence-electron chi connectivity index (χ1n) is 14.1. The van der Waals surface area contributed by atoms with Crippen LogP contribution in [0.2, 0.25) is 0 Å². The standard InChI is InChI=1S/C28H43N3O8/c1-3-37-27(33)23(16-15-21-11-5-4-6-12-21)29-20(2)26(32)30-24-14-8-7-13-22(24)19-25(30)28(34)38-17-9-10-18-39-31(35)36/h4-6,11-12,20,22-25,29,35-36H,3,7-10,13-19H2,1-2H3. The number of fused-ring (bicyclic) bond motifs is 1. The normalized spacial score (nSPS) is 22.3. The lowest BCUT2D eigenvalue weighted by Crippen LogP contribution is -2.56. The summed E-state index contributed by atoms with van der Waals surface area (Å²) in [6.45, 7) is 3.95. The second-order valence-corrected chi connectivity index (χ2v) is 10.3. The molecule has 1 aromatic rings. The number of nitrogens with one attached hydrogen (secondary N) is 1. The van der Waals surface area contributed by atoms with Gasteiger partial charge in [-0.3, -0.25) is 30.2 Å². The number of hydrogen-bond acceptors (Lipinski definition) is 10. The smallest absolute Gasteiger partial charge is 0.328 e. The van der Waals surface area contributed by atoms with E-state index in [2.05, 4.69) is 10.2 Å². The van der Waals surface area contributed by atoms with Crippen LogP contribution in [0.5, 0.6) is 0 Å². The number of carbonyl (C=O) groups excluding carboxylic acids is 3. The summed E-state index contributed by atoms with van der Waals surface area (Å²) in [5.41, 5.74) is 1.09. The zero-order chi connectivity index (χ0) is 28.2. The molecule has 1 aromatic carbocycles. The summed E-state index contributed by atoms with van der Waals surface area (Å²) in [5.74, 6) is -0.780. The van der Waals surface area contributed by atoms with E-state index in [9.17, 15) is 14.4 Å². The molecule has 5 atom stereocenters. The van der Waals surface area contributed by atoms with Crippen LogP contribution >= 0.6 is 0 Å². The van der Waals surface area contributed by atoms with Crippen molar-refractivity contribution in [2.45, 2.75) is 95.8 Å². The maximum atomic E-state index is 13.8. The molecular weight excluding hydrogens is 506 g/mol. The largest absolute Gasteiger partial charge is 0.465 e. The molecule has 1 saturated carbocycles. The van der Waals surface area contributed by atoms with Gasteiger partial charge in [0.15, 0.2) is 0 Å². The van der Waals surface area contributed by atoms with Crippen LogP contribution in [0.3, 0.4) is 0 Å². The van der Waals surface area contributed by atoms with Crippen LogP contribution in [0.25, 0.3) is 0 Å². The molecule has 218 valence electrons. The number of unbranched alkanes of at least 4 members (excludes halogenated alkanes) is 1. The van der Waals surface area contributed by atoms with Crippen molar-refractivity contribution >= 4 is 17.8 Å². The zero-order valence-electron chi connectivity index (χ0n) is 23.0. The van der Waals surface area contributed by atoms with Gasteiger partial charge in [0.25, 0.3) is 0 Å². The van der Waals surface area contributed by atoms with E-state index in [0.29, 0.717) is 32.1 Å². The summed E-state index contributed by atoms with van der Waals surface area (Å²) in [5, 5.41) is 20.0. The average Bonchev–Trinajstić information content (AvgIpc) is 3.32. The Morgan fingerprint density at radius 3 is 2.51 bits per heavy atom. The van der Waals surface area contributed by atoms with Crippen LogP contribution in [-0.2, 0) is 35.1 Å². The number of nitrogens with zero attached hydrogens (tertiary/aromatic N) is 2. The van der Waals surface area contributed by atoms with E-state index in [1.807, 2.05) is 30.3 Å². The molecule has 3 N–H and O–H groups in total. The van der Waals surface area contributed by atoms with Gasteiger partial charge in [-0.05, 0) is 70.3 Å². The molecule has 1 heterocycles. The maximum absolute atomic E-state index is 13.8. The Kier molecular flexibility index (Phi) is 12.6. The fraction of sp³-hybridized carbons (Fsp3) is 0.679. The van der Waals surface area contributed by atoms with Crippen molar-refractivity contribution in [1.82, 2.24) is 15.6 Å². The Labute approximate surface area is 230 Å². The summed E-state index contributed by atoms with van der Waals surface area (Å²) in [6.07, 6.45) is 6.55. The summed E-state index contributed by atoms with van der Waals surface area (Å²) >= 11 is 0. The molecule has 5 unspecified atom stereocenters. The highest BCUT2D eigenvalue weighted by Gasteiger charge is 2.49. The fourth-order valence-corrected chi connectivity index (χ4v) is 5.67. The van der Waals surface area contributed by atoms with Crippen molar-refractivity contribution in [1.29, 1.82) is 0 Å². The van der Waals surface area contributed by atoms with Crippen LogP contribution in [0.15, 0.2) is 30.3 Å². The first-order valence-corrected chi connectivity index (χ1v) is 14.1.